The molecule has 0 spiro atoms. The number of aromatic carboxylic acids is 1. The van der Waals surface area contributed by atoms with Crippen LogP contribution >= 0.6 is 0 Å². The number of hydrogen-bond donors (Lipinski definition) is 3. The van der Waals surface area contributed by atoms with Gasteiger partial charge in [-0.15, -0.1) is 0 Å². The summed E-state index contributed by atoms with van der Waals surface area (Å²) < 4.78 is 0. The van der Waals surface area contributed by atoms with E-state index in [2.05, 4.69) is 10.6 Å². The summed E-state index contributed by atoms with van der Waals surface area (Å²) in [5, 5.41) is 15.7. The summed E-state index contributed by atoms with van der Waals surface area (Å²) in [5.74, 6) is -1.18. The number of carbonyl (C=O) groups is 1. The molecule has 2 rings (SSSR count). The number of piperazine rings is 1. The molecule has 1 aliphatic heterocycles. The highest BCUT2D eigenvalue weighted by atomic mass is 16.4. The van der Waals surface area contributed by atoms with E-state index in [1.807, 2.05) is 0 Å². The third-order valence-electron chi connectivity index (χ3n) is 2.20. The molecule has 1 fully saturated rings. The smallest absolute Gasteiger partial charge is 0.0882 e. The molecule has 7 N–H and O–H groups in total. The van der Waals surface area contributed by atoms with Crippen LogP contribution < -0.4 is 21.5 Å². The molecule has 1 aromatic carbocycles. The first-order valence-corrected chi connectivity index (χ1v) is 5.29. The molecule has 96 valence electrons. The number of nitrogen functional groups attached to an aromatic ring is 1. The third-order valence-corrected chi connectivity index (χ3v) is 2.20. The Kier molecular flexibility index (Phi) is 7.70. The van der Waals surface area contributed by atoms with Crippen molar-refractivity contribution in [2.24, 2.45) is 0 Å². The highest BCUT2D eigenvalue weighted by molar-refractivity contribution is 5.86. The lowest BCUT2D eigenvalue weighted by Crippen LogP contribution is -2.89. The van der Waals surface area contributed by atoms with E-state index < -0.39 is 5.97 Å². The average Bonchev–Trinajstić information content (AvgIpc) is 2.32. The van der Waals surface area contributed by atoms with E-state index in [0.29, 0.717) is 5.69 Å². The van der Waals surface area contributed by atoms with Crippen molar-refractivity contribution in [1.29, 1.82) is 0 Å². The molecule has 1 heterocycles. The average molecular weight is 241 g/mol. The molecule has 0 aromatic heterocycles. The summed E-state index contributed by atoms with van der Waals surface area (Å²) >= 11 is 0. The van der Waals surface area contributed by atoms with Gasteiger partial charge >= 0.3 is 0 Å². The van der Waals surface area contributed by atoms with Crippen LogP contribution in [0.1, 0.15) is 10.4 Å². The van der Waals surface area contributed by atoms with Gasteiger partial charge in [0.25, 0.3) is 0 Å². The van der Waals surface area contributed by atoms with Gasteiger partial charge in [-0.25, -0.2) is 0 Å². The molecule has 0 saturated carbocycles. The standard InChI is InChI=1S/C7H7NO2.C4H10N2.H2O/c8-6-3-1-5(2-4-6)7(9)10;1-2-6-4-3-5-1;/h1-4H,8H2,(H,9,10);5-6H,1-4H2;1H2. The van der Waals surface area contributed by atoms with Gasteiger partial charge in [0.15, 0.2) is 0 Å². The number of benzene rings is 1. The highest BCUT2D eigenvalue weighted by Crippen LogP contribution is 2.03. The lowest BCUT2D eigenvalue weighted by molar-refractivity contribution is -0.657. The molecular formula is C11H19N3O3. The van der Waals surface area contributed by atoms with E-state index in [9.17, 15) is 9.90 Å². The number of nitrogens with one attached hydrogen (secondary N) is 1. The zero-order chi connectivity index (χ0) is 11.8. The largest absolute Gasteiger partial charge is 0.545 e. The molecule has 0 radical (unpaired) electrons. The fourth-order valence-corrected chi connectivity index (χ4v) is 1.30. The molecule has 1 aliphatic rings. The quantitative estimate of drug-likeness (QED) is 0.452. The summed E-state index contributed by atoms with van der Waals surface area (Å²) in [6.45, 7) is 4.92. The van der Waals surface area contributed by atoms with Crippen LogP contribution in [0, 0.1) is 0 Å². The Hall–Kier alpha value is -1.63. The van der Waals surface area contributed by atoms with E-state index in [4.69, 9.17) is 5.73 Å². The van der Waals surface area contributed by atoms with E-state index in [0.717, 1.165) is 0 Å². The second-order valence-electron chi connectivity index (χ2n) is 3.53. The first-order chi connectivity index (χ1) is 7.70. The lowest BCUT2D eigenvalue weighted by atomic mass is 10.2. The Bertz CT molecular complexity index is 312. The first kappa shape index (κ1) is 15.4. The number of carboxylic acids is 1. The Balaban J connectivity index is 0.000000316. The maximum Gasteiger partial charge on any atom is 0.0882 e. The van der Waals surface area contributed by atoms with Gasteiger partial charge in [0.2, 0.25) is 0 Å². The van der Waals surface area contributed by atoms with Gasteiger partial charge < -0.3 is 31.7 Å². The number of carboxylic acid groups (broad SMARTS) is 1. The van der Waals surface area contributed by atoms with Gasteiger partial charge in [-0.2, -0.15) is 0 Å². The zero-order valence-electron chi connectivity index (χ0n) is 9.61. The molecular weight excluding hydrogens is 222 g/mol. The van der Waals surface area contributed by atoms with Crippen LogP contribution in [0.3, 0.4) is 0 Å². The van der Waals surface area contributed by atoms with Crippen LogP contribution in [0.15, 0.2) is 24.3 Å². The van der Waals surface area contributed by atoms with Crippen molar-refractivity contribution in [1.82, 2.24) is 5.32 Å². The predicted molar refractivity (Wildman–Crippen MR) is 63.3 cm³/mol. The number of nitrogens with two attached hydrogens (primary N) is 2. The molecule has 17 heavy (non-hydrogen) atoms. The number of anilines is 1. The van der Waals surface area contributed by atoms with Crippen LogP contribution in [-0.2, 0) is 0 Å². The van der Waals surface area contributed by atoms with Crippen molar-refractivity contribution in [3.63, 3.8) is 0 Å². The molecule has 0 aliphatic carbocycles. The number of quaternary nitrogens is 1. The van der Waals surface area contributed by atoms with Crippen molar-refractivity contribution in [3.05, 3.63) is 29.8 Å². The van der Waals surface area contributed by atoms with Crippen LogP contribution in [0.4, 0.5) is 5.69 Å². The first-order valence-electron chi connectivity index (χ1n) is 5.29. The monoisotopic (exact) mass is 241 g/mol. The summed E-state index contributed by atoms with van der Waals surface area (Å²) in [7, 11) is 0. The van der Waals surface area contributed by atoms with Crippen molar-refractivity contribution < 1.29 is 20.7 Å². The number of hydrogen-bond acceptors (Lipinski definition) is 4. The van der Waals surface area contributed by atoms with Crippen molar-refractivity contribution >= 4 is 11.7 Å². The summed E-state index contributed by atoms with van der Waals surface area (Å²) in [6.07, 6.45) is 0. The molecule has 0 amide bonds. The van der Waals surface area contributed by atoms with Crippen molar-refractivity contribution in [3.8, 4) is 0 Å². The van der Waals surface area contributed by atoms with Gasteiger partial charge in [0.05, 0.1) is 19.1 Å². The predicted octanol–water partition coefficient (Wildman–Crippen LogP) is -3.04. The topological polar surface area (TPSA) is 126 Å². The second kappa shape index (κ2) is 8.51. The van der Waals surface area contributed by atoms with E-state index >= 15 is 0 Å². The minimum absolute atomic E-state index is 0. The number of carbonyl (C=O) groups excluding carboxylic acids is 1. The van der Waals surface area contributed by atoms with E-state index in [1.54, 1.807) is 0 Å². The van der Waals surface area contributed by atoms with Crippen LogP contribution in [-0.4, -0.2) is 37.6 Å². The molecule has 0 unspecified atom stereocenters. The summed E-state index contributed by atoms with van der Waals surface area (Å²) in [5.41, 5.74) is 6.01. The Morgan fingerprint density at radius 3 is 2.06 bits per heavy atom. The third kappa shape index (κ3) is 6.52. The summed E-state index contributed by atoms with van der Waals surface area (Å²) in [6, 6.07) is 5.85. The van der Waals surface area contributed by atoms with Crippen molar-refractivity contribution in [2.75, 3.05) is 31.9 Å². The zero-order valence-corrected chi connectivity index (χ0v) is 9.61. The fraction of sp³-hybridized carbons (Fsp3) is 0.364. The Labute approximate surface area is 100 Å². The molecule has 1 saturated heterocycles. The van der Waals surface area contributed by atoms with E-state index in [1.165, 1.54) is 50.4 Å². The molecule has 6 nitrogen and oxygen atoms in total. The second-order valence-corrected chi connectivity index (χ2v) is 3.53. The van der Waals surface area contributed by atoms with Gasteiger partial charge in [-0.05, 0) is 17.7 Å². The van der Waals surface area contributed by atoms with Crippen LogP contribution in [0.2, 0.25) is 0 Å². The number of rotatable bonds is 1. The maximum absolute atomic E-state index is 10.2. The van der Waals surface area contributed by atoms with Gasteiger partial charge in [-0.3, -0.25) is 0 Å². The fourth-order valence-electron chi connectivity index (χ4n) is 1.30. The van der Waals surface area contributed by atoms with Crippen LogP contribution in [0.5, 0.6) is 0 Å². The molecule has 0 atom stereocenters. The molecule has 1 aromatic rings. The van der Waals surface area contributed by atoms with Crippen molar-refractivity contribution in [2.45, 2.75) is 0 Å². The Morgan fingerprint density at radius 2 is 1.76 bits per heavy atom. The molecule has 0 bridgehead atoms. The minimum atomic E-state index is -1.18. The van der Waals surface area contributed by atoms with Crippen LogP contribution in [0.25, 0.3) is 0 Å². The maximum atomic E-state index is 10.2. The van der Waals surface area contributed by atoms with Gasteiger partial charge in [0.1, 0.15) is 0 Å². The minimum Gasteiger partial charge on any atom is -0.545 e. The molecule has 6 heteroatoms. The van der Waals surface area contributed by atoms with Gasteiger partial charge in [-0.1, -0.05) is 12.1 Å². The normalized spacial score (nSPS) is 13.9. The SMILES string of the molecule is C1C[NH2+]CCN1.Nc1ccc(C(=O)[O-])cc1.O. The van der Waals surface area contributed by atoms with E-state index in [-0.39, 0.29) is 11.0 Å². The lowest BCUT2D eigenvalue weighted by Gasteiger charge is -2.07. The van der Waals surface area contributed by atoms with Gasteiger partial charge in [0, 0.05) is 18.8 Å². The highest BCUT2D eigenvalue weighted by Gasteiger charge is 1.95. The summed E-state index contributed by atoms with van der Waals surface area (Å²) in [4.78, 5) is 10.2. The Morgan fingerprint density at radius 1 is 1.24 bits per heavy atom.